The molecule has 1 aliphatic heterocycles. The van der Waals surface area contributed by atoms with Crippen molar-refractivity contribution < 1.29 is 23.5 Å². The zero-order valence-corrected chi connectivity index (χ0v) is 13.9. The molecule has 1 heterocycles. The van der Waals surface area contributed by atoms with E-state index < -0.39 is 0 Å². The van der Waals surface area contributed by atoms with Crippen molar-refractivity contribution in [1.82, 2.24) is 5.32 Å². The third-order valence-electron chi connectivity index (χ3n) is 3.95. The molecule has 0 saturated carbocycles. The molecule has 0 aromatic heterocycles. The number of hydrogen-bond acceptors (Lipinski definition) is 4. The number of amides is 2. The summed E-state index contributed by atoms with van der Waals surface area (Å²) in [6.45, 7) is 0.0182. The van der Waals surface area contributed by atoms with Crippen LogP contribution in [0.5, 0.6) is 5.75 Å². The molecular weight excluding hydrogens is 339 g/mol. The number of halogens is 1. The number of Topliss-reactive ketones (excluding diaryl/α,β-unsaturated/α-hetero) is 1. The molecule has 2 aromatic carbocycles. The zero-order valence-electron chi connectivity index (χ0n) is 13.9. The summed E-state index contributed by atoms with van der Waals surface area (Å²) in [5.74, 6) is -0.731. The number of anilines is 1. The van der Waals surface area contributed by atoms with Crippen LogP contribution in [0, 0.1) is 5.82 Å². The number of rotatable bonds is 6. The molecule has 26 heavy (non-hydrogen) atoms. The third kappa shape index (κ3) is 4.24. The van der Waals surface area contributed by atoms with Crippen molar-refractivity contribution in [2.45, 2.75) is 19.4 Å². The molecule has 7 heteroatoms. The average Bonchev–Trinajstić information content (AvgIpc) is 2.64. The Morgan fingerprint density at radius 3 is 2.77 bits per heavy atom. The number of ketones is 1. The van der Waals surface area contributed by atoms with Gasteiger partial charge in [0.05, 0.1) is 5.69 Å². The van der Waals surface area contributed by atoms with Crippen molar-refractivity contribution in [3.8, 4) is 5.75 Å². The highest BCUT2D eigenvalue weighted by Crippen LogP contribution is 2.28. The number of hydrogen-bond donors (Lipinski definition) is 2. The predicted molar refractivity (Wildman–Crippen MR) is 92.4 cm³/mol. The van der Waals surface area contributed by atoms with Crippen LogP contribution in [0.4, 0.5) is 10.1 Å². The first-order chi connectivity index (χ1) is 12.5. The fourth-order valence-corrected chi connectivity index (χ4v) is 2.55. The first kappa shape index (κ1) is 17.6. The lowest BCUT2D eigenvalue weighted by atomic mass is 10.0. The molecule has 0 saturated heterocycles. The van der Waals surface area contributed by atoms with Crippen LogP contribution in [-0.4, -0.2) is 24.2 Å². The minimum absolute atomic E-state index is 0.00672. The van der Waals surface area contributed by atoms with Crippen LogP contribution in [0.25, 0.3) is 0 Å². The summed E-state index contributed by atoms with van der Waals surface area (Å²) in [6.07, 6.45) is 0.00389. The van der Waals surface area contributed by atoms with E-state index in [0.29, 0.717) is 22.6 Å². The van der Waals surface area contributed by atoms with Crippen LogP contribution in [0.15, 0.2) is 42.5 Å². The van der Waals surface area contributed by atoms with Crippen LogP contribution >= 0.6 is 0 Å². The zero-order chi connectivity index (χ0) is 18.5. The smallest absolute Gasteiger partial charge is 0.262 e. The number of carbonyl (C=O) groups is 3. The van der Waals surface area contributed by atoms with Crippen LogP contribution < -0.4 is 15.4 Å². The van der Waals surface area contributed by atoms with Gasteiger partial charge < -0.3 is 15.4 Å². The van der Waals surface area contributed by atoms with Gasteiger partial charge in [-0.15, -0.1) is 0 Å². The van der Waals surface area contributed by atoms with Gasteiger partial charge in [-0.25, -0.2) is 4.39 Å². The molecular formula is C19H17FN2O4. The summed E-state index contributed by atoms with van der Waals surface area (Å²) in [5.41, 5.74) is 1.21. The Bertz CT molecular complexity index is 866. The minimum atomic E-state index is -0.387. The Morgan fingerprint density at radius 1 is 1.15 bits per heavy atom. The number of benzene rings is 2. The van der Waals surface area contributed by atoms with Crippen molar-refractivity contribution in [1.29, 1.82) is 0 Å². The van der Waals surface area contributed by atoms with Gasteiger partial charge in [0, 0.05) is 30.5 Å². The number of nitrogens with one attached hydrogen (secondary N) is 2. The standard InChI is InChI=1S/C19H17FN2O4/c20-14-4-2-1-3-13(14)10-21-18(24)8-6-16(23)12-5-7-17-15(9-12)22-19(25)11-26-17/h1-5,7,9H,6,8,10-11H2,(H,21,24)(H,22,25). The fraction of sp³-hybridized carbons (Fsp3) is 0.211. The van der Waals surface area contributed by atoms with Crippen molar-refractivity contribution >= 4 is 23.3 Å². The molecule has 0 atom stereocenters. The van der Waals surface area contributed by atoms with Crippen LogP contribution in [0.3, 0.4) is 0 Å². The first-order valence-corrected chi connectivity index (χ1v) is 8.13. The summed E-state index contributed by atoms with van der Waals surface area (Å²) in [6, 6.07) is 10.9. The van der Waals surface area contributed by atoms with Crippen LogP contribution in [0.2, 0.25) is 0 Å². The summed E-state index contributed by atoms with van der Waals surface area (Å²) in [5, 5.41) is 5.23. The van der Waals surface area contributed by atoms with E-state index in [9.17, 15) is 18.8 Å². The molecule has 134 valence electrons. The maximum Gasteiger partial charge on any atom is 0.262 e. The fourth-order valence-electron chi connectivity index (χ4n) is 2.55. The second-order valence-corrected chi connectivity index (χ2v) is 5.84. The van der Waals surface area contributed by atoms with Crippen molar-refractivity contribution in [3.63, 3.8) is 0 Å². The SMILES string of the molecule is O=C(CCC(=O)c1ccc2c(c1)NC(=O)CO2)NCc1ccccc1F. The highest BCUT2D eigenvalue weighted by atomic mass is 19.1. The maximum absolute atomic E-state index is 13.5. The van der Waals surface area contributed by atoms with Gasteiger partial charge in [-0.05, 0) is 24.3 Å². The van der Waals surface area contributed by atoms with Crippen molar-refractivity contribution in [3.05, 3.63) is 59.4 Å². The van der Waals surface area contributed by atoms with Gasteiger partial charge in [0.25, 0.3) is 5.91 Å². The average molecular weight is 356 g/mol. The van der Waals surface area contributed by atoms with Gasteiger partial charge in [0.2, 0.25) is 5.91 Å². The number of fused-ring (bicyclic) bond motifs is 1. The molecule has 0 aliphatic carbocycles. The lowest BCUT2D eigenvalue weighted by molar-refractivity contribution is -0.121. The first-order valence-electron chi connectivity index (χ1n) is 8.13. The van der Waals surface area contributed by atoms with E-state index in [-0.39, 0.29) is 49.4 Å². The minimum Gasteiger partial charge on any atom is -0.482 e. The Labute approximate surface area is 149 Å². The molecule has 0 spiro atoms. The Kier molecular flexibility index (Phi) is 5.26. The van der Waals surface area contributed by atoms with E-state index >= 15 is 0 Å². The summed E-state index contributed by atoms with van der Waals surface area (Å²) in [7, 11) is 0. The molecule has 1 aliphatic rings. The number of carbonyl (C=O) groups excluding carboxylic acids is 3. The molecule has 2 amide bonds. The van der Waals surface area contributed by atoms with Crippen molar-refractivity contribution in [2.75, 3.05) is 11.9 Å². The molecule has 0 unspecified atom stereocenters. The topological polar surface area (TPSA) is 84.5 Å². The van der Waals surface area contributed by atoms with Crippen LogP contribution in [-0.2, 0) is 16.1 Å². The Hall–Kier alpha value is -3.22. The molecule has 0 radical (unpaired) electrons. The maximum atomic E-state index is 13.5. The van der Waals surface area contributed by atoms with Crippen molar-refractivity contribution in [2.24, 2.45) is 0 Å². The molecule has 2 N–H and O–H groups in total. The van der Waals surface area contributed by atoms with Gasteiger partial charge in [-0.1, -0.05) is 18.2 Å². The number of ether oxygens (including phenoxy) is 1. The van der Waals surface area contributed by atoms with Gasteiger partial charge in [0.15, 0.2) is 12.4 Å². The van der Waals surface area contributed by atoms with E-state index in [1.807, 2.05) is 0 Å². The summed E-state index contributed by atoms with van der Waals surface area (Å²) in [4.78, 5) is 35.5. The molecule has 2 aromatic rings. The monoisotopic (exact) mass is 356 g/mol. The quantitative estimate of drug-likeness (QED) is 0.779. The normalized spacial score (nSPS) is 12.6. The lowest BCUT2D eigenvalue weighted by Gasteiger charge is -2.18. The van der Waals surface area contributed by atoms with Gasteiger partial charge in [-0.3, -0.25) is 14.4 Å². The summed E-state index contributed by atoms with van der Waals surface area (Å²) < 4.78 is 18.7. The Balaban J connectivity index is 1.52. The second-order valence-electron chi connectivity index (χ2n) is 5.84. The van der Waals surface area contributed by atoms with Crippen LogP contribution in [0.1, 0.15) is 28.8 Å². The van der Waals surface area contributed by atoms with E-state index in [1.54, 1.807) is 30.3 Å². The Morgan fingerprint density at radius 2 is 1.96 bits per heavy atom. The molecule has 0 bridgehead atoms. The predicted octanol–water partition coefficient (Wildman–Crippen LogP) is 2.44. The van der Waals surface area contributed by atoms with Gasteiger partial charge in [0.1, 0.15) is 11.6 Å². The van der Waals surface area contributed by atoms with Gasteiger partial charge in [-0.2, -0.15) is 0 Å². The lowest BCUT2D eigenvalue weighted by Crippen LogP contribution is -2.25. The molecule has 6 nitrogen and oxygen atoms in total. The van der Waals surface area contributed by atoms with E-state index in [4.69, 9.17) is 4.74 Å². The highest BCUT2D eigenvalue weighted by Gasteiger charge is 2.18. The largest absolute Gasteiger partial charge is 0.482 e. The van der Waals surface area contributed by atoms with E-state index in [0.717, 1.165) is 0 Å². The highest BCUT2D eigenvalue weighted by molar-refractivity contribution is 6.01. The third-order valence-corrected chi connectivity index (χ3v) is 3.95. The second kappa shape index (κ2) is 7.77. The summed E-state index contributed by atoms with van der Waals surface area (Å²) >= 11 is 0. The molecule has 3 rings (SSSR count). The molecule has 0 fully saturated rings. The van der Waals surface area contributed by atoms with E-state index in [1.165, 1.54) is 12.1 Å². The van der Waals surface area contributed by atoms with E-state index in [2.05, 4.69) is 10.6 Å². The van der Waals surface area contributed by atoms with Gasteiger partial charge >= 0.3 is 0 Å².